The second-order valence-corrected chi connectivity index (χ2v) is 7.10. The van der Waals surface area contributed by atoms with Crippen LogP contribution < -0.4 is 10.1 Å². The van der Waals surface area contributed by atoms with E-state index < -0.39 is 11.9 Å². The zero-order valence-electron chi connectivity index (χ0n) is 15.3. The molecule has 1 rings (SSSR count). The van der Waals surface area contributed by atoms with E-state index in [1.807, 2.05) is 45.9 Å². The van der Waals surface area contributed by atoms with Crippen molar-refractivity contribution in [3.8, 4) is 5.75 Å². The van der Waals surface area contributed by atoms with E-state index in [1.165, 1.54) is 4.90 Å². The average molecular weight is 336 g/mol. The number of urea groups is 1. The van der Waals surface area contributed by atoms with Crippen LogP contribution in [-0.2, 0) is 11.3 Å². The van der Waals surface area contributed by atoms with Gasteiger partial charge in [-0.15, -0.1) is 0 Å². The van der Waals surface area contributed by atoms with Gasteiger partial charge in [0.2, 0.25) is 0 Å². The van der Waals surface area contributed by atoms with Crippen molar-refractivity contribution < 1.29 is 19.4 Å². The van der Waals surface area contributed by atoms with Gasteiger partial charge in [0.25, 0.3) is 0 Å². The first-order valence-electron chi connectivity index (χ1n) is 8.00. The first kappa shape index (κ1) is 19.8. The van der Waals surface area contributed by atoms with Crippen LogP contribution in [-0.4, -0.2) is 41.2 Å². The lowest BCUT2D eigenvalue weighted by molar-refractivity contribution is -0.141. The van der Waals surface area contributed by atoms with Gasteiger partial charge in [0.15, 0.2) is 0 Å². The molecule has 0 aromatic heterocycles. The normalized spacial score (nSPS) is 12.4. The smallest absolute Gasteiger partial charge is 0.317 e. The fourth-order valence-electron chi connectivity index (χ4n) is 2.11. The van der Waals surface area contributed by atoms with Crippen LogP contribution in [0.15, 0.2) is 18.2 Å². The Labute approximate surface area is 143 Å². The summed E-state index contributed by atoms with van der Waals surface area (Å²) in [5.41, 5.74) is 1.63. The molecule has 2 N–H and O–H groups in total. The first-order valence-corrected chi connectivity index (χ1v) is 8.00. The third kappa shape index (κ3) is 6.48. The summed E-state index contributed by atoms with van der Waals surface area (Å²) in [5, 5.41) is 11.7. The van der Waals surface area contributed by atoms with Crippen LogP contribution in [0.4, 0.5) is 4.79 Å². The molecule has 1 unspecified atom stereocenters. The third-order valence-electron chi connectivity index (χ3n) is 3.38. The highest BCUT2D eigenvalue weighted by molar-refractivity contribution is 5.75. The van der Waals surface area contributed by atoms with Gasteiger partial charge in [0.1, 0.15) is 11.4 Å². The van der Waals surface area contributed by atoms with Gasteiger partial charge in [-0.3, -0.25) is 4.79 Å². The summed E-state index contributed by atoms with van der Waals surface area (Å²) < 4.78 is 5.96. The predicted octanol–water partition coefficient (Wildman–Crippen LogP) is 3.03. The highest BCUT2D eigenvalue weighted by Gasteiger charge is 2.18. The number of benzene rings is 1. The Morgan fingerprint density at radius 1 is 1.33 bits per heavy atom. The number of nitrogens with one attached hydrogen (secondary N) is 1. The topological polar surface area (TPSA) is 78.9 Å². The van der Waals surface area contributed by atoms with Gasteiger partial charge < -0.3 is 20.1 Å². The summed E-state index contributed by atoms with van der Waals surface area (Å²) in [6, 6.07) is 5.53. The monoisotopic (exact) mass is 336 g/mol. The lowest BCUT2D eigenvalue weighted by atomic mass is 10.1. The van der Waals surface area contributed by atoms with Gasteiger partial charge in [-0.2, -0.15) is 0 Å². The van der Waals surface area contributed by atoms with Gasteiger partial charge in [-0.1, -0.05) is 19.1 Å². The number of carboxylic acids is 1. The molecule has 0 fully saturated rings. The van der Waals surface area contributed by atoms with E-state index in [1.54, 1.807) is 14.0 Å². The molecule has 0 bridgehead atoms. The Balaban J connectivity index is 2.73. The van der Waals surface area contributed by atoms with Crippen LogP contribution in [0.2, 0.25) is 0 Å². The molecule has 1 aromatic carbocycles. The van der Waals surface area contributed by atoms with Crippen molar-refractivity contribution >= 4 is 12.0 Å². The van der Waals surface area contributed by atoms with Gasteiger partial charge in [0, 0.05) is 25.7 Å². The van der Waals surface area contributed by atoms with Crippen molar-refractivity contribution in [1.29, 1.82) is 0 Å². The summed E-state index contributed by atoms with van der Waals surface area (Å²) >= 11 is 0. The predicted molar refractivity (Wildman–Crippen MR) is 93.2 cm³/mol. The van der Waals surface area contributed by atoms with E-state index in [-0.39, 0.29) is 18.2 Å². The molecule has 1 aromatic rings. The summed E-state index contributed by atoms with van der Waals surface area (Å²) in [6.07, 6.45) is 0. The minimum absolute atomic E-state index is 0.153. The molecule has 6 nitrogen and oxygen atoms in total. The fraction of sp³-hybridized carbons (Fsp3) is 0.556. The van der Waals surface area contributed by atoms with Gasteiger partial charge in [-0.05, 0) is 39.3 Å². The molecular formula is C18H28N2O4. The molecule has 0 radical (unpaired) electrons. The van der Waals surface area contributed by atoms with Crippen LogP contribution in [0, 0.1) is 12.8 Å². The Morgan fingerprint density at radius 2 is 1.96 bits per heavy atom. The van der Waals surface area contributed by atoms with Gasteiger partial charge >= 0.3 is 12.0 Å². The molecule has 6 heteroatoms. The van der Waals surface area contributed by atoms with E-state index in [9.17, 15) is 9.59 Å². The fourth-order valence-corrected chi connectivity index (χ4v) is 2.11. The van der Waals surface area contributed by atoms with Crippen molar-refractivity contribution in [1.82, 2.24) is 10.2 Å². The molecule has 134 valence electrons. The number of hydrogen-bond donors (Lipinski definition) is 2. The van der Waals surface area contributed by atoms with E-state index in [0.717, 1.165) is 16.9 Å². The summed E-state index contributed by atoms with van der Waals surface area (Å²) in [6.45, 7) is 9.94. The van der Waals surface area contributed by atoms with E-state index in [2.05, 4.69) is 5.32 Å². The Morgan fingerprint density at radius 3 is 2.50 bits per heavy atom. The van der Waals surface area contributed by atoms with Gasteiger partial charge in [-0.25, -0.2) is 4.79 Å². The molecule has 0 heterocycles. The maximum Gasteiger partial charge on any atom is 0.317 e. The zero-order chi connectivity index (χ0) is 18.5. The first-order chi connectivity index (χ1) is 11.0. The Hall–Kier alpha value is -2.24. The quantitative estimate of drug-likeness (QED) is 0.837. The second-order valence-electron chi connectivity index (χ2n) is 7.10. The number of carbonyl (C=O) groups excluding carboxylic acids is 1. The molecule has 0 saturated heterocycles. The van der Waals surface area contributed by atoms with Crippen molar-refractivity contribution in [3.63, 3.8) is 0 Å². The maximum atomic E-state index is 12.1. The zero-order valence-corrected chi connectivity index (χ0v) is 15.3. The van der Waals surface area contributed by atoms with Crippen LogP contribution in [0.1, 0.15) is 38.8 Å². The molecule has 1 atom stereocenters. The van der Waals surface area contributed by atoms with E-state index in [0.29, 0.717) is 6.54 Å². The number of carboxylic acid groups (broad SMARTS) is 1. The Kier molecular flexibility index (Phi) is 6.63. The molecule has 24 heavy (non-hydrogen) atoms. The summed E-state index contributed by atoms with van der Waals surface area (Å²) in [4.78, 5) is 24.4. The average Bonchev–Trinajstić information content (AvgIpc) is 2.44. The number of ether oxygens (including phenoxy) is 1. The van der Waals surface area contributed by atoms with Crippen molar-refractivity contribution in [3.05, 3.63) is 29.3 Å². The lowest BCUT2D eigenvalue weighted by Gasteiger charge is -2.24. The number of aryl methyl sites for hydroxylation is 1. The third-order valence-corrected chi connectivity index (χ3v) is 3.38. The summed E-state index contributed by atoms with van der Waals surface area (Å²) in [7, 11) is 1.58. The molecule has 0 spiro atoms. The molecular weight excluding hydrogens is 308 g/mol. The highest BCUT2D eigenvalue weighted by atomic mass is 16.5. The van der Waals surface area contributed by atoms with Crippen molar-refractivity contribution in [2.45, 2.75) is 46.8 Å². The second kappa shape index (κ2) is 8.04. The highest BCUT2D eigenvalue weighted by Crippen LogP contribution is 2.24. The minimum Gasteiger partial charge on any atom is -0.488 e. The number of nitrogens with zero attached hydrogens (tertiary/aromatic N) is 1. The molecule has 0 aliphatic rings. The van der Waals surface area contributed by atoms with Crippen LogP contribution in [0.25, 0.3) is 0 Å². The number of amides is 2. The minimum atomic E-state index is -0.922. The SMILES string of the molecule is Cc1ccc(CNC(=O)N(C)CC(C)C(=O)O)c(OC(C)(C)C)c1. The maximum absolute atomic E-state index is 12.1. The number of rotatable bonds is 6. The largest absolute Gasteiger partial charge is 0.488 e. The lowest BCUT2D eigenvalue weighted by Crippen LogP contribution is -2.40. The molecule has 0 aliphatic carbocycles. The summed E-state index contributed by atoms with van der Waals surface area (Å²) in [5.74, 6) is -0.793. The molecule has 0 aliphatic heterocycles. The Bertz CT molecular complexity index is 593. The van der Waals surface area contributed by atoms with Crippen molar-refractivity contribution in [2.75, 3.05) is 13.6 Å². The van der Waals surface area contributed by atoms with Crippen molar-refractivity contribution in [2.24, 2.45) is 5.92 Å². The van der Waals surface area contributed by atoms with Crippen LogP contribution in [0.3, 0.4) is 0 Å². The van der Waals surface area contributed by atoms with Crippen LogP contribution in [0.5, 0.6) is 5.75 Å². The number of hydrogen-bond acceptors (Lipinski definition) is 3. The molecule has 2 amide bonds. The molecule has 0 saturated carbocycles. The standard InChI is InChI=1S/C18H28N2O4/c1-12-7-8-14(15(9-12)24-18(3,4)5)10-19-17(23)20(6)11-13(2)16(21)22/h7-9,13H,10-11H2,1-6H3,(H,19,23)(H,21,22). The number of aliphatic carboxylic acids is 1. The van der Waals surface area contributed by atoms with Gasteiger partial charge in [0.05, 0.1) is 5.92 Å². The number of carbonyl (C=O) groups is 2. The van der Waals surface area contributed by atoms with E-state index >= 15 is 0 Å². The van der Waals surface area contributed by atoms with E-state index in [4.69, 9.17) is 9.84 Å². The van der Waals surface area contributed by atoms with Crippen LogP contribution >= 0.6 is 0 Å².